The van der Waals surface area contributed by atoms with Crippen molar-refractivity contribution in [2.24, 2.45) is 10.1 Å². The van der Waals surface area contributed by atoms with Gasteiger partial charge in [0.25, 0.3) is 0 Å². The molecule has 0 fully saturated rings. The van der Waals surface area contributed by atoms with E-state index < -0.39 is 36.0 Å². The smallest absolute Gasteiger partial charge is 0.428 e. The molecule has 0 atom stereocenters. The van der Waals surface area contributed by atoms with Crippen molar-refractivity contribution < 1.29 is 38.8 Å². The molecule has 0 saturated carbocycles. The summed E-state index contributed by atoms with van der Waals surface area (Å²) in [5.74, 6) is -0.341. The predicted molar refractivity (Wildman–Crippen MR) is 255 cm³/mol. The summed E-state index contributed by atoms with van der Waals surface area (Å²) in [5, 5.41) is 31.4. The van der Waals surface area contributed by atoms with Crippen LogP contribution >= 0.6 is 68.9 Å². The van der Waals surface area contributed by atoms with Gasteiger partial charge in [-0.25, -0.2) is 34.8 Å². The van der Waals surface area contributed by atoms with Gasteiger partial charge in [-0.1, -0.05) is 24.3 Å². The van der Waals surface area contributed by atoms with Crippen LogP contribution in [-0.4, -0.2) is 81.2 Å². The number of benzene rings is 2. The second-order valence-electron chi connectivity index (χ2n) is 14.7. The minimum absolute atomic E-state index is 0.214. The van der Waals surface area contributed by atoms with E-state index in [9.17, 15) is 19.5 Å². The first kappa shape index (κ1) is 47.8. The van der Waals surface area contributed by atoms with Crippen LogP contribution in [0.25, 0.3) is 43.7 Å². The SMILES string of the molecule is CSc1sc(C=NNC(=O)OC(C)(C)C)cc1-c1nc(-c2cccc(OCC(=O)O)c2)cs1.CSc1sc(N=CNC(=O)OC(C)(C)C)cc1-c1nc(-c2cccc(O)c2)cs1. The third-order valence-electron chi connectivity index (χ3n) is 7.40. The lowest BCUT2D eigenvalue weighted by Gasteiger charge is -2.18. The molecule has 0 saturated heterocycles. The number of carbonyl (C=O) groups is 3. The molecule has 2 amide bonds. The third-order valence-corrected chi connectivity index (χ3v) is 13.5. The van der Waals surface area contributed by atoms with Gasteiger partial charge < -0.3 is 24.4 Å². The minimum atomic E-state index is -1.03. The Morgan fingerprint density at radius 1 is 0.790 bits per heavy atom. The monoisotopic (exact) mass is 952 g/mol. The average molecular weight is 953 g/mol. The number of hydrogen-bond acceptors (Lipinski definition) is 17. The van der Waals surface area contributed by atoms with Crippen molar-refractivity contribution >= 4 is 105 Å². The molecule has 4 N–H and O–H groups in total. The maximum atomic E-state index is 11.7. The lowest BCUT2D eigenvalue weighted by Crippen LogP contribution is -2.31. The fourth-order valence-electron chi connectivity index (χ4n) is 5.00. The van der Waals surface area contributed by atoms with Crippen molar-refractivity contribution in [3.05, 3.63) is 76.3 Å². The Hall–Kier alpha value is -5.25. The molecular formula is C42H44N6O8S6. The number of nitrogens with zero attached hydrogens (tertiary/aromatic N) is 4. The van der Waals surface area contributed by atoms with Crippen LogP contribution in [0, 0.1) is 0 Å². The number of rotatable bonds is 13. The Kier molecular flexibility index (Phi) is 16.7. The lowest BCUT2D eigenvalue weighted by atomic mass is 10.1. The number of carboxylic acid groups (broad SMARTS) is 1. The first-order valence-corrected chi connectivity index (χ1v) is 24.3. The number of thiazole rings is 2. The summed E-state index contributed by atoms with van der Waals surface area (Å²) in [6.45, 7) is 10.4. The molecular weight excluding hydrogens is 909 g/mol. The molecule has 2 aromatic carbocycles. The highest BCUT2D eigenvalue weighted by Crippen LogP contribution is 2.44. The Morgan fingerprint density at radius 2 is 1.37 bits per heavy atom. The van der Waals surface area contributed by atoms with Gasteiger partial charge in [0.15, 0.2) is 6.61 Å². The van der Waals surface area contributed by atoms with Crippen molar-refractivity contribution in [2.75, 3.05) is 19.1 Å². The summed E-state index contributed by atoms with van der Waals surface area (Å²) in [5.41, 5.74) is 6.51. The molecule has 6 rings (SSSR count). The van der Waals surface area contributed by atoms with E-state index in [1.54, 1.807) is 130 Å². The van der Waals surface area contributed by atoms with Gasteiger partial charge in [0.1, 0.15) is 37.7 Å². The van der Waals surface area contributed by atoms with Gasteiger partial charge >= 0.3 is 18.2 Å². The number of ether oxygens (including phenoxy) is 3. The maximum absolute atomic E-state index is 11.7. The molecule has 0 unspecified atom stereocenters. The normalized spacial score (nSPS) is 11.6. The van der Waals surface area contributed by atoms with E-state index in [1.807, 2.05) is 47.5 Å². The number of phenolic OH excluding ortho intramolecular Hbond substituents is 1. The van der Waals surface area contributed by atoms with Gasteiger partial charge in [0, 0.05) is 37.9 Å². The molecule has 0 aliphatic heterocycles. The molecule has 6 aromatic rings. The maximum Gasteiger partial charge on any atom is 0.428 e. The number of hydrazone groups is 1. The summed E-state index contributed by atoms with van der Waals surface area (Å²) >= 11 is 9.36. The van der Waals surface area contributed by atoms with Crippen molar-refractivity contribution in [3.63, 3.8) is 0 Å². The summed E-state index contributed by atoms with van der Waals surface area (Å²) in [4.78, 5) is 48.9. The standard InChI is InChI=1S/C22H23N3O5S3.C20H21N3O3S3/c1-22(2,3)30-21(28)25-23-10-15-9-16(20(31-4)33-15)19-24-17(12-32-19)13-6-5-7-14(8-13)29-11-18(26)27;1-20(2,3)26-19(25)22-11-21-16-9-14(18(27-4)29-16)17-23-15(10-28-17)12-6-5-7-13(24)8-12/h5-10,12H,11H2,1-4H3,(H,25,28)(H,26,27);5-11,24H,1-4H3,(H,21,22,25). The van der Waals surface area contributed by atoms with E-state index in [0.717, 1.165) is 62.0 Å². The van der Waals surface area contributed by atoms with Gasteiger partial charge in [-0.2, -0.15) is 5.10 Å². The zero-order valence-corrected chi connectivity index (χ0v) is 39.8. The van der Waals surface area contributed by atoms with Gasteiger partial charge in [-0.15, -0.1) is 68.9 Å². The van der Waals surface area contributed by atoms with Crippen molar-refractivity contribution in [3.8, 4) is 55.2 Å². The highest BCUT2D eigenvalue weighted by atomic mass is 32.2. The lowest BCUT2D eigenvalue weighted by molar-refractivity contribution is -0.139. The van der Waals surface area contributed by atoms with E-state index in [1.165, 1.54) is 29.0 Å². The fraction of sp³-hybridized carbons (Fsp3) is 0.262. The van der Waals surface area contributed by atoms with Gasteiger partial charge in [-0.3, -0.25) is 5.32 Å². The Bertz CT molecular complexity index is 2550. The molecule has 14 nitrogen and oxygen atoms in total. The predicted octanol–water partition coefficient (Wildman–Crippen LogP) is 11.7. The molecule has 0 bridgehead atoms. The number of aliphatic carboxylic acids is 1. The number of nitrogens with one attached hydrogen (secondary N) is 2. The minimum Gasteiger partial charge on any atom is -0.508 e. The first-order valence-electron chi connectivity index (χ1n) is 18.5. The summed E-state index contributed by atoms with van der Waals surface area (Å²) in [6.07, 6.45) is 5.76. The second kappa shape index (κ2) is 21.7. The van der Waals surface area contributed by atoms with Crippen LogP contribution < -0.4 is 15.5 Å². The molecule has 0 aliphatic carbocycles. The molecule has 20 heteroatoms. The van der Waals surface area contributed by atoms with Crippen molar-refractivity contribution in [2.45, 2.75) is 61.2 Å². The fourth-order valence-corrected chi connectivity index (χ4v) is 10.4. The van der Waals surface area contributed by atoms with Crippen LogP contribution in [0.3, 0.4) is 0 Å². The van der Waals surface area contributed by atoms with Crippen LogP contribution in [0.4, 0.5) is 14.6 Å². The zero-order valence-electron chi connectivity index (χ0n) is 34.9. The zero-order chi connectivity index (χ0) is 45.0. The Balaban J connectivity index is 0.000000236. The van der Waals surface area contributed by atoms with Gasteiger partial charge in [0.2, 0.25) is 0 Å². The number of phenols is 1. The quantitative estimate of drug-likeness (QED) is 0.0371. The average Bonchev–Trinajstić information content (AvgIpc) is 4.02. The van der Waals surface area contributed by atoms with Crippen LogP contribution in [0.2, 0.25) is 0 Å². The number of alkyl carbamates (subject to hydrolysis) is 1. The van der Waals surface area contributed by atoms with E-state index in [-0.39, 0.29) is 5.75 Å². The van der Waals surface area contributed by atoms with Gasteiger partial charge in [-0.05, 0) is 90.5 Å². The number of carbonyl (C=O) groups excluding carboxylic acids is 2. The third kappa shape index (κ3) is 14.7. The van der Waals surface area contributed by atoms with E-state index in [2.05, 4.69) is 20.8 Å². The van der Waals surface area contributed by atoms with Crippen LogP contribution in [-0.2, 0) is 14.3 Å². The molecule has 326 valence electrons. The van der Waals surface area contributed by atoms with Crippen molar-refractivity contribution in [1.29, 1.82) is 0 Å². The highest BCUT2D eigenvalue weighted by molar-refractivity contribution is 8.00. The van der Waals surface area contributed by atoms with E-state index in [0.29, 0.717) is 5.75 Å². The number of thiophene rings is 2. The first-order chi connectivity index (χ1) is 29.4. The van der Waals surface area contributed by atoms with E-state index >= 15 is 0 Å². The highest BCUT2D eigenvalue weighted by Gasteiger charge is 2.19. The van der Waals surface area contributed by atoms with Crippen LogP contribution in [0.1, 0.15) is 46.4 Å². The number of amides is 2. The second-order valence-corrected chi connectivity index (χ2v) is 20.6. The topological polar surface area (TPSA) is 194 Å². The summed E-state index contributed by atoms with van der Waals surface area (Å²) in [6, 6.07) is 18.2. The van der Waals surface area contributed by atoms with E-state index in [4.69, 9.17) is 29.3 Å². The number of aromatic hydroxyl groups is 1. The number of aromatic nitrogens is 2. The van der Waals surface area contributed by atoms with Crippen LogP contribution in [0.15, 0.2) is 89.9 Å². The number of thioether (sulfide) groups is 2. The van der Waals surface area contributed by atoms with Crippen molar-refractivity contribution in [1.82, 2.24) is 20.7 Å². The van der Waals surface area contributed by atoms with Crippen LogP contribution in [0.5, 0.6) is 11.5 Å². The number of hydrogen-bond donors (Lipinski definition) is 4. The molecule has 4 heterocycles. The number of carboxylic acids is 1. The Labute approximate surface area is 383 Å². The molecule has 0 aliphatic rings. The summed E-state index contributed by atoms with van der Waals surface area (Å²) in [7, 11) is 0. The molecule has 4 aromatic heterocycles. The van der Waals surface area contributed by atoms with Gasteiger partial charge in [0.05, 0.1) is 32.4 Å². The Morgan fingerprint density at radius 3 is 1.97 bits per heavy atom. The number of aliphatic imine (C=N–C) groups is 1. The molecule has 0 spiro atoms. The largest absolute Gasteiger partial charge is 0.508 e. The molecule has 0 radical (unpaired) electrons. The summed E-state index contributed by atoms with van der Waals surface area (Å²) < 4.78 is 17.8. The molecule has 62 heavy (non-hydrogen) atoms.